The van der Waals surface area contributed by atoms with Gasteiger partial charge in [-0.3, -0.25) is 0 Å². The Morgan fingerprint density at radius 1 is 1.07 bits per heavy atom. The maximum absolute atomic E-state index is 4.60. The van der Waals surface area contributed by atoms with Crippen LogP contribution in [0, 0.1) is 6.92 Å². The summed E-state index contributed by atoms with van der Waals surface area (Å²) in [7, 11) is 2.06. The van der Waals surface area contributed by atoms with E-state index in [0.717, 1.165) is 11.3 Å². The second-order valence-electron chi connectivity index (χ2n) is 3.87. The van der Waals surface area contributed by atoms with E-state index in [1.807, 2.05) is 6.92 Å². The number of rotatable bonds is 0. The molecule has 0 fully saturated rings. The summed E-state index contributed by atoms with van der Waals surface area (Å²) >= 11 is 0. The third-order valence-electron chi connectivity index (χ3n) is 3.00. The van der Waals surface area contributed by atoms with E-state index in [1.165, 1.54) is 16.3 Å². The van der Waals surface area contributed by atoms with Crippen LogP contribution >= 0.6 is 0 Å². The molecule has 0 aliphatic heterocycles. The lowest BCUT2D eigenvalue weighted by molar-refractivity contribution is 0.886. The van der Waals surface area contributed by atoms with Gasteiger partial charge in [-0.05, 0) is 18.4 Å². The summed E-state index contributed by atoms with van der Waals surface area (Å²) < 4.78 is 2.13. The van der Waals surface area contributed by atoms with Crippen LogP contribution in [0.1, 0.15) is 5.82 Å². The van der Waals surface area contributed by atoms with Gasteiger partial charge in [0.1, 0.15) is 5.82 Å². The molecule has 15 heavy (non-hydrogen) atoms. The first-order valence-corrected chi connectivity index (χ1v) is 5.08. The summed E-state index contributed by atoms with van der Waals surface area (Å²) in [6.07, 6.45) is 0. The Morgan fingerprint density at radius 2 is 1.87 bits per heavy atom. The molecule has 3 rings (SSSR count). The van der Waals surface area contributed by atoms with Crippen LogP contribution in [0.4, 0.5) is 0 Å². The Morgan fingerprint density at radius 3 is 2.73 bits per heavy atom. The van der Waals surface area contributed by atoms with E-state index in [1.54, 1.807) is 0 Å². The van der Waals surface area contributed by atoms with Crippen molar-refractivity contribution in [3.63, 3.8) is 0 Å². The van der Waals surface area contributed by atoms with E-state index in [4.69, 9.17) is 0 Å². The van der Waals surface area contributed by atoms with Crippen LogP contribution in [0.2, 0.25) is 0 Å². The van der Waals surface area contributed by atoms with Gasteiger partial charge in [0.25, 0.3) is 0 Å². The first-order chi connectivity index (χ1) is 7.27. The topological polar surface area (TPSA) is 17.8 Å². The molecule has 0 N–H and O–H groups in total. The molecule has 0 unspecified atom stereocenters. The number of aromatic nitrogens is 2. The Hall–Kier alpha value is -1.83. The molecular formula is C13H12N2. The van der Waals surface area contributed by atoms with Gasteiger partial charge in [-0.15, -0.1) is 0 Å². The van der Waals surface area contributed by atoms with Crippen LogP contribution in [-0.2, 0) is 7.05 Å². The monoisotopic (exact) mass is 196 g/mol. The highest BCUT2D eigenvalue weighted by atomic mass is 15.0. The maximum Gasteiger partial charge on any atom is 0.106 e. The minimum atomic E-state index is 1.06. The van der Waals surface area contributed by atoms with Crippen molar-refractivity contribution >= 4 is 21.8 Å². The summed E-state index contributed by atoms with van der Waals surface area (Å²) in [6, 6.07) is 12.7. The smallest absolute Gasteiger partial charge is 0.106 e. The lowest BCUT2D eigenvalue weighted by Gasteiger charge is -1.99. The fourth-order valence-corrected chi connectivity index (χ4v) is 2.04. The highest BCUT2D eigenvalue weighted by molar-refractivity contribution is 6.04. The molecule has 2 nitrogen and oxygen atoms in total. The predicted molar refractivity (Wildman–Crippen MR) is 63.0 cm³/mol. The van der Waals surface area contributed by atoms with E-state index in [-0.39, 0.29) is 0 Å². The molecule has 0 bridgehead atoms. The first-order valence-electron chi connectivity index (χ1n) is 5.08. The minimum absolute atomic E-state index is 1.06. The highest BCUT2D eigenvalue weighted by Gasteiger charge is 2.06. The summed E-state index contributed by atoms with van der Waals surface area (Å²) in [5.74, 6) is 1.06. The molecular weight excluding hydrogens is 184 g/mol. The molecule has 2 heteroatoms. The molecule has 0 aliphatic rings. The molecule has 0 radical (unpaired) electrons. The molecule has 0 atom stereocenters. The number of aryl methyl sites for hydroxylation is 2. The van der Waals surface area contributed by atoms with Crippen LogP contribution in [-0.4, -0.2) is 9.55 Å². The highest BCUT2D eigenvalue weighted by Crippen LogP contribution is 2.24. The number of benzene rings is 2. The Kier molecular flexibility index (Phi) is 1.60. The molecule has 0 aliphatic carbocycles. The normalized spacial score (nSPS) is 11.3. The van der Waals surface area contributed by atoms with E-state index in [2.05, 4.69) is 53.0 Å². The average molecular weight is 196 g/mol. The van der Waals surface area contributed by atoms with E-state index in [9.17, 15) is 0 Å². The van der Waals surface area contributed by atoms with Crippen molar-refractivity contribution in [3.8, 4) is 0 Å². The third-order valence-corrected chi connectivity index (χ3v) is 3.00. The maximum atomic E-state index is 4.60. The summed E-state index contributed by atoms with van der Waals surface area (Å²) in [5, 5.41) is 2.49. The summed E-state index contributed by atoms with van der Waals surface area (Å²) in [4.78, 5) is 4.60. The largest absolute Gasteiger partial charge is 0.331 e. The van der Waals surface area contributed by atoms with Gasteiger partial charge in [0.15, 0.2) is 0 Å². The molecule has 0 saturated heterocycles. The third kappa shape index (κ3) is 1.08. The second-order valence-corrected chi connectivity index (χ2v) is 3.87. The Bertz CT molecular complexity index is 650. The average Bonchev–Trinajstić information content (AvgIpc) is 2.56. The SMILES string of the molecule is Cc1nc2c3ccccc3ccc2n1C. The fourth-order valence-electron chi connectivity index (χ4n) is 2.04. The number of hydrogen-bond acceptors (Lipinski definition) is 1. The van der Waals surface area contributed by atoms with Crippen molar-refractivity contribution < 1.29 is 0 Å². The van der Waals surface area contributed by atoms with Crippen molar-refractivity contribution in [2.45, 2.75) is 6.92 Å². The zero-order valence-electron chi connectivity index (χ0n) is 8.86. The van der Waals surface area contributed by atoms with Gasteiger partial charge >= 0.3 is 0 Å². The standard InChI is InChI=1S/C13H12N2/c1-9-14-13-11-6-4-3-5-10(11)7-8-12(13)15(9)2/h3-8H,1-2H3. The van der Waals surface area contributed by atoms with Gasteiger partial charge in [-0.25, -0.2) is 4.98 Å². The van der Waals surface area contributed by atoms with E-state index in [0.29, 0.717) is 0 Å². The van der Waals surface area contributed by atoms with Gasteiger partial charge in [0.2, 0.25) is 0 Å². The molecule has 0 saturated carbocycles. The lowest BCUT2D eigenvalue weighted by atomic mass is 10.1. The van der Waals surface area contributed by atoms with Crippen molar-refractivity contribution in [1.82, 2.24) is 9.55 Å². The molecule has 2 aromatic carbocycles. The summed E-state index contributed by atoms with van der Waals surface area (Å²) in [5.41, 5.74) is 2.30. The van der Waals surface area contributed by atoms with Gasteiger partial charge in [0, 0.05) is 12.4 Å². The molecule has 0 amide bonds. The Balaban J connectivity index is 2.60. The predicted octanol–water partition coefficient (Wildman–Crippen LogP) is 3.03. The molecule has 74 valence electrons. The van der Waals surface area contributed by atoms with Crippen molar-refractivity contribution in [2.24, 2.45) is 7.05 Å². The van der Waals surface area contributed by atoms with Gasteiger partial charge in [0.05, 0.1) is 11.0 Å². The van der Waals surface area contributed by atoms with Crippen LogP contribution in [0.15, 0.2) is 36.4 Å². The van der Waals surface area contributed by atoms with E-state index < -0.39 is 0 Å². The quantitative estimate of drug-likeness (QED) is 0.540. The lowest BCUT2D eigenvalue weighted by Crippen LogP contribution is -1.89. The van der Waals surface area contributed by atoms with Crippen LogP contribution in [0.5, 0.6) is 0 Å². The Labute approximate surface area is 88.2 Å². The van der Waals surface area contributed by atoms with Gasteiger partial charge in [-0.1, -0.05) is 30.3 Å². The van der Waals surface area contributed by atoms with Crippen molar-refractivity contribution in [1.29, 1.82) is 0 Å². The zero-order valence-corrected chi connectivity index (χ0v) is 8.86. The number of imidazole rings is 1. The minimum Gasteiger partial charge on any atom is -0.331 e. The molecule has 3 aromatic rings. The van der Waals surface area contributed by atoms with Gasteiger partial charge in [-0.2, -0.15) is 0 Å². The van der Waals surface area contributed by atoms with Crippen LogP contribution in [0.3, 0.4) is 0 Å². The molecule has 1 aromatic heterocycles. The fraction of sp³-hybridized carbons (Fsp3) is 0.154. The van der Waals surface area contributed by atoms with Crippen molar-refractivity contribution in [3.05, 3.63) is 42.2 Å². The molecule has 0 spiro atoms. The first kappa shape index (κ1) is 8.48. The number of hydrogen-bond donors (Lipinski definition) is 0. The second kappa shape index (κ2) is 2.83. The van der Waals surface area contributed by atoms with Crippen molar-refractivity contribution in [2.75, 3.05) is 0 Å². The van der Waals surface area contributed by atoms with E-state index >= 15 is 0 Å². The molecule has 1 heterocycles. The zero-order chi connectivity index (χ0) is 10.4. The van der Waals surface area contributed by atoms with Crippen LogP contribution < -0.4 is 0 Å². The van der Waals surface area contributed by atoms with Gasteiger partial charge < -0.3 is 4.57 Å². The summed E-state index contributed by atoms with van der Waals surface area (Å²) in [6.45, 7) is 2.04. The number of fused-ring (bicyclic) bond motifs is 3. The van der Waals surface area contributed by atoms with Crippen LogP contribution in [0.25, 0.3) is 21.8 Å². The number of nitrogens with zero attached hydrogens (tertiary/aromatic N) is 2.